The largest absolute Gasteiger partial charge is 0.508 e. The highest BCUT2D eigenvalue weighted by atomic mass is 16.3. The highest BCUT2D eigenvalue weighted by Crippen LogP contribution is 2.25. The summed E-state index contributed by atoms with van der Waals surface area (Å²) < 4.78 is 1.73. The third-order valence-corrected chi connectivity index (χ3v) is 4.76. The fraction of sp³-hybridized carbons (Fsp3) is 0.100. The molecule has 134 valence electrons. The number of aryl methyl sites for hydroxylation is 1. The monoisotopic (exact) mass is 358 g/mol. The first-order valence-corrected chi connectivity index (χ1v) is 8.66. The van der Waals surface area contributed by atoms with Gasteiger partial charge in [0.25, 0.3) is 0 Å². The van der Waals surface area contributed by atoms with Crippen LogP contribution >= 0.6 is 0 Å². The zero-order chi connectivity index (χ0) is 18.5. The molecule has 0 bridgehead atoms. The number of hydrogen-bond donors (Lipinski definition) is 4. The minimum absolute atomic E-state index is 0.243. The molecule has 0 amide bonds. The summed E-state index contributed by atoms with van der Waals surface area (Å²) in [5.41, 5.74) is 12.0. The van der Waals surface area contributed by atoms with Gasteiger partial charge in [0.05, 0.1) is 22.9 Å². The molecule has 0 aliphatic heterocycles. The SMILES string of the molecule is Cc1nc2cc(-n3ncc(Cc4cc5ccc(O)cc5[nH]4)c3N)ccc2[nH]1. The second-order valence-electron chi connectivity index (χ2n) is 6.73. The van der Waals surface area contributed by atoms with E-state index in [2.05, 4.69) is 26.1 Å². The van der Waals surface area contributed by atoms with E-state index in [-0.39, 0.29) is 5.75 Å². The summed E-state index contributed by atoms with van der Waals surface area (Å²) in [5, 5.41) is 15.1. The molecular weight excluding hydrogens is 340 g/mol. The van der Waals surface area contributed by atoms with Crippen molar-refractivity contribution in [1.29, 1.82) is 0 Å². The average Bonchev–Trinajstić information content (AvgIpc) is 3.30. The third kappa shape index (κ3) is 2.60. The number of nitrogens with zero attached hydrogens (tertiary/aromatic N) is 3. The number of aromatic nitrogens is 5. The fourth-order valence-corrected chi connectivity index (χ4v) is 3.46. The molecule has 5 N–H and O–H groups in total. The quantitative estimate of drug-likeness (QED) is 0.396. The zero-order valence-electron chi connectivity index (χ0n) is 14.7. The number of rotatable bonds is 3. The molecule has 3 heterocycles. The van der Waals surface area contributed by atoms with Gasteiger partial charge in [-0.1, -0.05) is 0 Å². The van der Waals surface area contributed by atoms with Gasteiger partial charge < -0.3 is 20.8 Å². The smallest absolute Gasteiger partial charge is 0.130 e. The summed E-state index contributed by atoms with van der Waals surface area (Å²) in [5.74, 6) is 1.72. The van der Waals surface area contributed by atoms with Crippen LogP contribution in [-0.4, -0.2) is 29.8 Å². The lowest BCUT2D eigenvalue weighted by atomic mass is 10.1. The van der Waals surface area contributed by atoms with Crippen LogP contribution in [0.2, 0.25) is 0 Å². The molecule has 7 nitrogen and oxygen atoms in total. The van der Waals surface area contributed by atoms with E-state index < -0.39 is 0 Å². The Balaban J connectivity index is 1.49. The van der Waals surface area contributed by atoms with Gasteiger partial charge in [0.1, 0.15) is 17.4 Å². The standard InChI is InChI=1S/C20H18N6O/c1-11-23-17-5-3-15(8-19(17)24-11)26-20(21)13(10-22-26)7-14-6-12-2-4-16(27)9-18(12)25-14/h2-6,8-10,25,27H,7,21H2,1H3,(H,23,24). The first kappa shape index (κ1) is 15.5. The van der Waals surface area contributed by atoms with Crippen molar-refractivity contribution < 1.29 is 5.11 Å². The maximum Gasteiger partial charge on any atom is 0.130 e. The van der Waals surface area contributed by atoms with Crippen LogP contribution in [-0.2, 0) is 6.42 Å². The van der Waals surface area contributed by atoms with E-state index in [4.69, 9.17) is 5.73 Å². The molecule has 5 aromatic rings. The zero-order valence-corrected chi connectivity index (χ0v) is 14.7. The van der Waals surface area contributed by atoms with E-state index in [0.29, 0.717) is 12.2 Å². The van der Waals surface area contributed by atoms with Gasteiger partial charge in [-0.2, -0.15) is 5.10 Å². The molecule has 0 spiro atoms. The Morgan fingerprint density at radius 1 is 1.07 bits per heavy atom. The van der Waals surface area contributed by atoms with Crippen molar-refractivity contribution >= 4 is 27.8 Å². The van der Waals surface area contributed by atoms with Crippen LogP contribution in [0.15, 0.2) is 48.7 Å². The van der Waals surface area contributed by atoms with E-state index >= 15 is 0 Å². The normalized spacial score (nSPS) is 11.6. The lowest BCUT2D eigenvalue weighted by molar-refractivity contribution is 0.476. The number of hydrogen-bond acceptors (Lipinski definition) is 4. The summed E-state index contributed by atoms with van der Waals surface area (Å²) in [7, 11) is 0. The van der Waals surface area contributed by atoms with Gasteiger partial charge in [-0.3, -0.25) is 0 Å². The van der Waals surface area contributed by atoms with Crippen molar-refractivity contribution in [2.75, 3.05) is 5.73 Å². The number of nitrogen functional groups attached to an aromatic ring is 1. The molecule has 7 heteroatoms. The molecule has 5 rings (SSSR count). The number of H-pyrrole nitrogens is 2. The van der Waals surface area contributed by atoms with Crippen molar-refractivity contribution in [3.8, 4) is 11.4 Å². The highest BCUT2D eigenvalue weighted by Gasteiger charge is 2.12. The molecule has 2 aromatic carbocycles. The fourth-order valence-electron chi connectivity index (χ4n) is 3.46. The molecule has 27 heavy (non-hydrogen) atoms. The number of imidazole rings is 1. The van der Waals surface area contributed by atoms with E-state index in [0.717, 1.165) is 44.7 Å². The predicted molar refractivity (Wildman–Crippen MR) is 105 cm³/mol. The van der Waals surface area contributed by atoms with Gasteiger partial charge in [0.2, 0.25) is 0 Å². The van der Waals surface area contributed by atoms with Gasteiger partial charge in [0, 0.05) is 29.3 Å². The van der Waals surface area contributed by atoms with Crippen LogP contribution in [0.4, 0.5) is 5.82 Å². The number of phenols is 1. The summed E-state index contributed by atoms with van der Waals surface area (Å²) in [6, 6.07) is 13.3. The Morgan fingerprint density at radius 3 is 2.85 bits per heavy atom. The minimum atomic E-state index is 0.243. The van der Waals surface area contributed by atoms with Gasteiger partial charge >= 0.3 is 0 Å². The Kier molecular flexibility index (Phi) is 3.24. The number of phenolic OH excluding ortho intramolecular Hbond substituents is 1. The van der Waals surface area contributed by atoms with E-state index in [1.165, 1.54) is 0 Å². The first-order valence-electron chi connectivity index (χ1n) is 8.66. The molecule has 0 unspecified atom stereocenters. The van der Waals surface area contributed by atoms with Gasteiger partial charge in [-0.15, -0.1) is 0 Å². The number of aromatic hydroxyl groups is 1. The summed E-state index contributed by atoms with van der Waals surface area (Å²) in [6.45, 7) is 1.93. The average molecular weight is 358 g/mol. The summed E-state index contributed by atoms with van der Waals surface area (Å²) >= 11 is 0. The van der Waals surface area contributed by atoms with Crippen LogP contribution in [0.25, 0.3) is 27.6 Å². The maximum atomic E-state index is 9.62. The van der Waals surface area contributed by atoms with E-state index in [1.807, 2.05) is 31.2 Å². The van der Waals surface area contributed by atoms with Crippen molar-refractivity contribution in [2.24, 2.45) is 0 Å². The Hall–Kier alpha value is -3.74. The molecule has 3 aromatic heterocycles. The lowest BCUT2D eigenvalue weighted by Gasteiger charge is -2.05. The maximum absolute atomic E-state index is 9.62. The van der Waals surface area contributed by atoms with Crippen molar-refractivity contribution in [2.45, 2.75) is 13.3 Å². The number of anilines is 1. The number of aromatic amines is 2. The number of nitrogens with two attached hydrogens (primary N) is 1. The molecule has 0 atom stereocenters. The third-order valence-electron chi connectivity index (χ3n) is 4.76. The highest BCUT2D eigenvalue weighted by molar-refractivity contribution is 5.82. The molecule has 0 saturated carbocycles. The second kappa shape index (κ2) is 5.63. The number of benzene rings is 2. The summed E-state index contributed by atoms with van der Waals surface area (Å²) in [4.78, 5) is 11.0. The second-order valence-corrected chi connectivity index (χ2v) is 6.73. The van der Waals surface area contributed by atoms with E-state index in [1.54, 1.807) is 23.0 Å². The van der Waals surface area contributed by atoms with Crippen LogP contribution < -0.4 is 5.73 Å². The van der Waals surface area contributed by atoms with Crippen LogP contribution in [0.5, 0.6) is 5.75 Å². The van der Waals surface area contributed by atoms with Crippen LogP contribution in [0.3, 0.4) is 0 Å². The number of fused-ring (bicyclic) bond motifs is 2. The van der Waals surface area contributed by atoms with Gasteiger partial charge in [-0.25, -0.2) is 9.67 Å². The van der Waals surface area contributed by atoms with Crippen molar-refractivity contribution in [1.82, 2.24) is 24.7 Å². The minimum Gasteiger partial charge on any atom is -0.508 e. The van der Waals surface area contributed by atoms with Gasteiger partial charge in [-0.05, 0) is 48.7 Å². The van der Waals surface area contributed by atoms with Crippen LogP contribution in [0, 0.1) is 6.92 Å². The summed E-state index contributed by atoms with van der Waals surface area (Å²) in [6.07, 6.45) is 2.42. The van der Waals surface area contributed by atoms with Crippen molar-refractivity contribution in [3.05, 3.63) is 65.7 Å². The Labute approximate surface area is 154 Å². The predicted octanol–water partition coefficient (Wildman–Crippen LogP) is 3.42. The van der Waals surface area contributed by atoms with Gasteiger partial charge in [0.15, 0.2) is 0 Å². The molecule has 0 fully saturated rings. The Morgan fingerprint density at radius 2 is 1.96 bits per heavy atom. The topological polar surface area (TPSA) is 109 Å². The lowest BCUT2D eigenvalue weighted by Crippen LogP contribution is -2.03. The molecule has 0 aliphatic carbocycles. The first-order chi connectivity index (χ1) is 13.1. The number of nitrogens with one attached hydrogen (secondary N) is 2. The molecule has 0 aliphatic rings. The van der Waals surface area contributed by atoms with Crippen molar-refractivity contribution in [3.63, 3.8) is 0 Å². The molecular formula is C20H18N6O. The molecule has 0 saturated heterocycles. The van der Waals surface area contributed by atoms with E-state index in [9.17, 15) is 5.11 Å². The Bertz CT molecular complexity index is 1290. The van der Waals surface area contributed by atoms with Crippen LogP contribution in [0.1, 0.15) is 17.1 Å². The molecule has 0 radical (unpaired) electrons.